The molecule has 1 aliphatic rings. The van der Waals surface area contributed by atoms with Gasteiger partial charge >= 0.3 is 5.97 Å². The van der Waals surface area contributed by atoms with Crippen molar-refractivity contribution in [2.45, 2.75) is 12.8 Å². The van der Waals surface area contributed by atoms with Gasteiger partial charge in [0.1, 0.15) is 22.5 Å². The summed E-state index contributed by atoms with van der Waals surface area (Å²) in [5.41, 5.74) is 6.25. The smallest absolute Gasteiger partial charge is 0.308 e. The topological polar surface area (TPSA) is 91.4 Å². The molecule has 1 fully saturated rings. The van der Waals surface area contributed by atoms with Gasteiger partial charge in [0.15, 0.2) is 0 Å². The van der Waals surface area contributed by atoms with Gasteiger partial charge in [0, 0.05) is 20.1 Å². The summed E-state index contributed by atoms with van der Waals surface area (Å²) in [5, 5.41) is 11.8. The van der Waals surface area contributed by atoms with E-state index in [0.717, 1.165) is 0 Å². The van der Waals surface area contributed by atoms with E-state index in [9.17, 15) is 4.79 Å². The number of rotatable bonds is 3. The highest BCUT2D eigenvalue weighted by atomic mass is 32.1. The Morgan fingerprint density at radius 1 is 1.53 bits per heavy atom. The number of ether oxygens (including phenoxy) is 1. The second kappa shape index (κ2) is 6.95. The van der Waals surface area contributed by atoms with Gasteiger partial charge in [-0.3, -0.25) is 4.79 Å². The highest BCUT2D eigenvalue weighted by Crippen LogP contribution is 2.21. The molecule has 0 unspecified atom stereocenters. The maximum absolute atomic E-state index is 11.4. The number of esters is 1. The van der Waals surface area contributed by atoms with Crippen molar-refractivity contribution in [3.63, 3.8) is 0 Å². The third-order valence-corrected chi connectivity index (χ3v) is 3.60. The fourth-order valence-corrected chi connectivity index (χ4v) is 2.18. The minimum atomic E-state index is -0.187. The summed E-state index contributed by atoms with van der Waals surface area (Å²) in [6, 6.07) is 2.01. The molecule has 7 heteroatoms. The SMILES string of the molecule is CNC(=S)/C(C#N)=C(\N)N1CCC(C(=O)OC)CC1. The fourth-order valence-electron chi connectivity index (χ4n) is 2.03. The lowest BCUT2D eigenvalue weighted by atomic mass is 9.97. The van der Waals surface area contributed by atoms with E-state index in [1.54, 1.807) is 7.05 Å². The van der Waals surface area contributed by atoms with Crippen LogP contribution in [0.25, 0.3) is 0 Å². The summed E-state index contributed by atoms with van der Waals surface area (Å²) in [6.07, 6.45) is 1.33. The number of likely N-dealkylation sites (N-methyl/N-ethyl adjacent to an activating group) is 1. The van der Waals surface area contributed by atoms with Gasteiger partial charge in [0.2, 0.25) is 0 Å². The van der Waals surface area contributed by atoms with Crippen molar-refractivity contribution in [3.05, 3.63) is 11.4 Å². The van der Waals surface area contributed by atoms with Crippen molar-refractivity contribution in [1.82, 2.24) is 10.2 Å². The van der Waals surface area contributed by atoms with E-state index in [4.69, 9.17) is 28.0 Å². The number of likely N-dealkylation sites (tertiary alicyclic amines) is 1. The predicted molar refractivity (Wildman–Crippen MR) is 74.8 cm³/mol. The van der Waals surface area contributed by atoms with Crippen LogP contribution >= 0.6 is 12.2 Å². The second-order valence-electron chi connectivity index (χ2n) is 4.24. The van der Waals surface area contributed by atoms with Crippen molar-refractivity contribution in [2.24, 2.45) is 11.7 Å². The molecule has 1 saturated heterocycles. The number of hydrogen-bond donors (Lipinski definition) is 2. The van der Waals surface area contributed by atoms with E-state index in [1.165, 1.54) is 7.11 Å². The van der Waals surface area contributed by atoms with Gasteiger partial charge in [-0.15, -0.1) is 0 Å². The summed E-state index contributed by atoms with van der Waals surface area (Å²) in [4.78, 5) is 13.6. The summed E-state index contributed by atoms with van der Waals surface area (Å²) < 4.78 is 4.73. The van der Waals surface area contributed by atoms with E-state index in [-0.39, 0.29) is 17.5 Å². The number of methoxy groups -OCH3 is 1. The standard InChI is InChI=1S/C12H18N4O2S/c1-15-11(19)9(7-13)10(14)16-5-3-8(4-6-16)12(17)18-2/h8H,3-6,14H2,1-2H3,(H,15,19)/b10-9+. The van der Waals surface area contributed by atoms with E-state index in [1.807, 2.05) is 11.0 Å². The summed E-state index contributed by atoms with van der Waals surface area (Å²) in [5.74, 6) is 0.0921. The Labute approximate surface area is 118 Å². The molecular formula is C12H18N4O2S. The van der Waals surface area contributed by atoms with Crippen molar-refractivity contribution in [2.75, 3.05) is 27.2 Å². The van der Waals surface area contributed by atoms with Gasteiger partial charge in [-0.1, -0.05) is 12.2 Å². The van der Waals surface area contributed by atoms with E-state index < -0.39 is 0 Å². The first-order chi connectivity index (χ1) is 9.04. The Bertz CT molecular complexity index is 434. The van der Waals surface area contributed by atoms with Crippen LogP contribution in [0.3, 0.4) is 0 Å². The second-order valence-corrected chi connectivity index (χ2v) is 4.64. The van der Waals surface area contributed by atoms with Crippen LogP contribution in [0.1, 0.15) is 12.8 Å². The quantitative estimate of drug-likeness (QED) is 0.328. The molecule has 1 rings (SSSR count). The molecule has 0 radical (unpaired) electrons. The van der Waals surface area contributed by atoms with Crippen LogP contribution in [0, 0.1) is 17.2 Å². The van der Waals surface area contributed by atoms with Gasteiger partial charge < -0.3 is 20.7 Å². The monoisotopic (exact) mass is 282 g/mol. The molecule has 0 aliphatic carbocycles. The Morgan fingerprint density at radius 2 is 2.11 bits per heavy atom. The fraction of sp³-hybridized carbons (Fsp3) is 0.583. The minimum Gasteiger partial charge on any atom is -0.469 e. The lowest BCUT2D eigenvalue weighted by Crippen LogP contribution is -2.40. The first-order valence-electron chi connectivity index (χ1n) is 5.99. The maximum Gasteiger partial charge on any atom is 0.308 e. The Balaban J connectivity index is 2.74. The lowest BCUT2D eigenvalue weighted by Gasteiger charge is -2.32. The van der Waals surface area contributed by atoms with Crippen LogP contribution in [0.4, 0.5) is 0 Å². The van der Waals surface area contributed by atoms with Crippen LogP contribution in [-0.2, 0) is 9.53 Å². The molecule has 0 spiro atoms. The predicted octanol–water partition coefficient (Wildman–Crippen LogP) is 0.112. The van der Waals surface area contributed by atoms with E-state index in [2.05, 4.69) is 5.32 Å². The Morgan fingerprint density at radius 3 is 2.53 bits per heavy atom. The number of carbonyl (C=O) groups excluding carboxylic acids is 1. The Kier molecular flexibility index (Phi) is 5.57. The zero-order chi connectivity index (χ0) is 14.4. The number of nitrogens with zero attached hydrogens (tertiary/aromatic N) is 2. The molecule has 0 atom stereocenters. The molecule has 1 aliphatic heterocycles. The molecular weight excluding hydrogens is 264 g/mol. The number of nitrogens with two attached hydrogens (primary N) is 1. The highest BCUT2D eigenvalue weighted by molar-refractivity contribution is 7.80. The zero-order valence-corrected chi connectivity index (χ0v) is 11.9. The highest BCUT2D eigenvalue weighted by Gasteiger charge is 2.27. The summed E-state index contributed by atoms with van der Waals surface area (Å²) in [6.45, 7) is 1.23. The molecule has 19 heavy (non-hydrogen) atoms. The lowest BCUT2D eigenvalue weighted by molar-refractivity contribution is -0.146. The van der Waals surface area contributed by atoms with Gasteiger partial charge in [-0.05, 0) is 12.8 Å². The van der Waals surface area contributed by atoms with Crippen molar-refractivity contribution in [3.8, 4) is 6.07 Å². The maximum atomic E-state index is 11.4. The van der Waals surface area contributed by atoms with Gasteiger partial charge in [0.25, 0.3) is 0 Å². The molecule has 0 amide bonds. The van der Waals surface area contributed by atoms with Crippen molar-refractivity contribution in [1.29, 1.82) is 5.26 Å². The van der Waals surface area contributed by atoms with E-state index in [0.29, 0.717) is 36.7 Å². The summed E-state index contributed by atoms with van der Waals surface area (Å²) in [7, 11) is 3.04. The number of nitriles is 1. The molecule has 0 saturated carbocycles. The largest absolute Gasteiger partial charge is 0.469 e. The first kappa shape index (κ1) is 15.2. The number of thiocarbonyl (C=S) groups is 1. The van der Waals surface area contributed by atoms with Crippen molar-refractivity contribution >= 4 is 23.2 Å². The third kappa shape index (κ3) is 3.58. The first-order valence-corrected chi connectivity index (χ1v) is 6.40. The van der Waals surface area contributed by atoms with E-state index >= 15 is 0 Å². The third-order valence-electron chi connectivity index (χ3n) is 3.19. The summed E-state index contributed by atoms with van der Waals surface area (Å²) >= 11 is 5.03. The normalized spacial score (nSPS) is 17.2. The number of nitrogens with one attached hydrogen (secondary N) is 1. The van der Waals surface area contributed by atoms with Gasteiger partial charge in [-0.25, -0.2) is 0 Å². The van der Waals surface area contributed by atoms with Crippen LogP contribution in [0.15, 0.2) is 11.4 Å². The molecule has 0 aromatic carbocycles. The molecule has 0 bridgehead atoms. The Hall–Kier alpha value is -1.81. The number of piperidine rings is 1. The average molecular weight is 282 g/mol. The zero-order valence-electron chi connectivity index (χ0n) is 11.1. The van der Waals surface area contributed by atoms with Crippen molar-refractivity contribution < 1.29 is 9.53 Å². The molecule has 0 aromatic heterocycles. The molecule has 1 heterocycles. The van der Waals surface area contributed by atoms with Gasteiger partial charge in [-0.2, -0.15) is 5.26 Å². The molecule has 104 valence electrons. The minimum absolute atomic E-state index is 0.0872. The number of hydrogen-bond acceptors (Lipinski definition) is 6. The molecule has 3 N–H and O–H groups in total. The van der Waals surface area contributed by atoms with Crippen LogP contribution in [0.2, 0.25) is 0 Å². The average Bonchev–Trinajstić information content (AvgIpc) is 2.46. The van der Waals surface area contributed by atoms with Crippen LogP contribution in [0.5, 0.6) is 0 Å². The van der Waals surface area contributed by atoms with Crippen LogP contribution in [-0.4, -0.2) is 43.1 Å². The number of carbonyl (C=O) groups is 1. The van der Waals surface area contributed by atoms with Crippen LogP contribution < -0.4 is 11.1 Å². The molecule has 6 nitrogen and oxygen atoms in total. The molecule has 0 aromatic rings. The van der Waals surface area contributed by atoms with Gasteiger partial charge in [0.05, 0.1) is 13.0 Å².